The number of carbonyl (C=O) groups excluding carboxylic acids is 1. The molecular formula is C25H36IN5O2. The van der Waals surface area contributed by atoms with E-state index in [1.807, 2.05) is 63.5 Å². The number of rotatable bonds is 9. The molecule has 0 aliphatic heterocycles. The fourth-order valence-corrected chi connectivity index (χ4v) is 4.12. The largest absolute Gasteiger partial charge is 0.473 e. The first-order valence-corrected chi connectivity index (χ1v) is 11.4. The molecule has 33 heavy (non-hydrogen) atoms. The van der Waals surface area contributed by atoms with Gasteiger partial charge in [0, 0.05) is 39.4 Å². The van der Waals surface area contributed by atoms with Gasteiger partial charge < -0.3 is 20.3 Å². The lowest BCUT2D eigenvalue weighted by Crippen LogP contribution is -2.49. The number of ether oxygens (including phenoxy) is 1. The monoisotopic (exact) mass is 565 g/mol. The quantitative estimate of drug-likeness (QED) is 0.273. The van der Waals surface area contributed by atoms with Gasteiger partial charge in [0.25, 0.3) is 0 Å². The van der Waals surface area contributed by atoms with Crippen LogP contribution < -0.4 is 15.4 Å². The number of aliphatic imine (C=N–C) groups is 1. The summed E-state index contributed by atoms with van der Waals surface area (Å²) >= 11 is 0. The van der Waals surface area contributed by atoms with Gasteiger partial charge in [0.1, 0.15) is 6.61 Å². The van der Waals surface area contributed by atoms with E-state index in [1.165, 1.54) is 0 Å². The number of halogens is 1. The Morgan fingerprint density at radius 2 is 1.85 bits per heavy atom. The molecule has 3 rings (SSSR count). The number of hydrogen-bond donors (Lipinski definition) is 2. The van der Waals surface area contributed by atoms with Crippen molar-refractivity contribution in [1.82, 2.24) is 20.5 Å². The van der Waals surface area contributed by atoms with Crippen LogP contribution in [0.3, 0.4) is 0 Å². The summed E-state index contributed by atoms with van der Waals surface area (Å²) in [5.41, 5.74) is 1.78. The van der Waals surface area contributed by atoms with Gasteiger partial charge >= 0.3 is 0 Å². The SMILES string of the molecule is CCNC(=NCc1ccnc(OCc2ccccc2)c1)NCC1(C(=O)N(C)C)CCCC1.I. The first-order chi connectivity index (χ1) is 15.5. The van der Waals surface area contributed by atoms with Gasteiger partial charge in [0.15, 0.2) is 5.96 Å². The average Bonchev–Trinajstić information content (AvgIpc) is 3.30. The number of nitrogens with one attached hydrogen (secondary N) is 2. The molecule has 8 heteroatoms. The van der Waals surface area contributed by atoms with E-state index in [0.717, 1.165) is 43.4 Å². The molecule has 1 heterocycles. The van der Waals surface area contributed by atoms with Crippen molar-refractivity contribution in [3.8, 4) is 5.88 Å². The predicted octanol–water partition coefficient (Wildman–Crippen LogP) is 3.98. The summed E-state index contributed by atoms with van der Waals surface area (Å²) in [5, 5.41) is 6.71. The lowest BCUT2D eigenvalue weighted by molar-refractivity contribution is -0.138. The van der Waals surface area contributed by atoms with E-state index in [0.29, 0.717) is 31.5 Å². The fraction of sp³-hybridized carbons (Fsp3) is 0.480. The molecule has 1 fully saturated rings. The second-order valence-electron chi connectivity index (χ2n) is 8.51. The van der Waals surface area contributed by atoms with Crippen molar-refractivity contribution in [3.63, 3.8) is 0 Å². The van der Waals surface area contributed by atoms with Crippen molar-refractivity contribution in [2.24, 2.45) is 10.4 Å². The van der Waals surface area contributed by atoms with E-state index in [-0.39, 0.29) is 35.3 Å². The molecule has 0 saturated heterocycles. The van der Waals surface area contributed by atoms with Crippen LogP contribution in [0.5, 0.6) is 5.88 Å². The van der Waals surface area contributed by atoms with E-state index in [1.54, 1.807) is 11.1 Å². The summed E-state index contributed by atoms with van der Waals surface area (Å²) in [7, 11) is 3.67. The molecule has 0 radical (unpaired) electrons. The molecule has 1 aromatic heterocycles. The van der Waals surface area contributed by atoms with Gasteiger partial charge in [-0.1, -0.05) is 43.2 Å². The van der Waals surface area contributed by atoms with E-state index < -0.39 is 0 Å². The highest BCUT2D eigenvalue weighted by Crippen LogP contribution is 2.38. The summed E-state index contributed by atoms with van der Waals surface area (Å²) < 4.78 is 5.83. The maximum absolute atomic E-state index is 12.8. The number of pyridine rings is 1. The Balaban J connectivity index is 0.00000385. The van der Waals surface area contributed by atoms with Gasteiger partial charge in [0.05, 0.1) is 12.0 Å². The van der Waals surface area contributed by atoms with Gasteiger partial charge in [-0.3, -0.25) is 4.79 Å². The molecule has 0 atom stereocenters. The Kier molecular flexibility index (Phi) is 10.9. The number of nitrogens with zero attached hydrogens (tertiary/aromatic N) is 3. The van der Waals surface area contributed by atoms with Crippen LogP contribution in [0.1, 0.15) is 43.7 Å². The Bertz CT molecular complexity index is 899. The summed E-state index contributed by atoms with van der Waals surface area (Å²) in [6.45, 7) is 4.36. The third-order valence-corrected chi connectivity index (χ3v) is 5.81. The molecule has 0 unspecified atom stereocenters. The van der Waals surface area contributed by atoms with Crippen LogP contribution in [0.25, 0.3) is 0 Å². The van der Waals surface area contributed by atoms with Crippen LogP contribution >= 0.6 is 24.0 Å². The number of amides is 1. The minimum atomic E-state index is -0.338. The lowest BCUT2D eigenvalue weighted by atomic mass is 9.84. The number of hydrogen-bond acceptors (Lipinski definition) is 4. The third kappa shape index (κ3) is 7.87. The lowest BCUT2D eigenvalue weighted by Gasteiger charge is -2.31. The molecule has 1 aromatic carbocycles. The Morgan fingerprint density at radius 1 is 1.12 bits per heavy atom. The highest BCUT2D eigenvalue weighted by Gasteiger charge is 2.42. The van der Waals surface area contributed by atoms with Crippen LogP contribution in [0.2, 0.25) is 0 Å². The molecule has 2 aromatic rings. The van der Waals surface area contributed by atoms with Crippen LogP contribution in [-0.4, -0.2) is 48.9 Å². The molecule has 1 aliphatic carbocycles. The molecule has 0 spiro atoms. The number of benzene rings is 1. The molecule has 2 N–H and O–H groups in total. The van der Waals surface area contributed by atoms with Gasteiger partial charge in [-0.15, -0.1) is 24.0 Å². The summed E-state index contributed by atoms with van der Waals surface area (Å²) in [4.78, 5) is 23.6. The third-order valence-electron chi connectivity index (χ3n) is 5.81. The zero-order chi connectivity index (χ0) is 22.8. The van der Waals surface area contributed by atoms with Gasteiger partial charge in [-0.05, 0) is 37.0 Å². The fourth-order valence-electron chi connectivity index (χ4n) is 4.12. The highest BCUT2D eigenvalue weighted by atomic mass is 127. The maximum atomic E-state index is 12.8. The molecular weight excluding hydrogens is 529 g/mol. The van der Waals surface area contributed by atoms with E-state index >= 15 is 0 Å². The topological polar surface area (TPSA) is 78.9 Å². The van der Waals surface area contributed by atoms with Crippen molar-refractivity contribution in [2.45, 2.75) is 45.8 Å². The standard InChI is InChI=1S/C25H35N5O2.HI/c1-4-26-24(29-19-25(13-8-9-14-25)23(31)30(2)3)28-17-21-12-15-27-22(16-21)32-18-20-10-6-5-7-11-20;/h5-7,10-12,15-16H,4,8-9,13-14,17-19H2,1-3H3,(H2,26,28,29);1H. The zero-order valence-electron chi connectivity index (χ0n) is 19.8. The van der Waals surface area contributed by atoms with Crippen LogP contribution in [0.15, 0.2) is 53.7 Å². The summed E-state index contributed by atoms with van der Waals surface area (Å²) in [6, 6.07) is 13.9. The molecule has 0 bridgehead atoms. The number of guanidine groups is 1. The summed E-state index contributed by atoms with van der Waals surface area (Å²) in [6.07, 6.45) is 5.77. The predicted molar refractivity (Wildman–Crippen MR) is 143 cm³/mol. The minimum absolute atomic E-state index is 0. The smallest absolute Gasteiger partial charge is 0.230 e. The van der Waals surface area contributed by atoms with E-state index in [2.05, 4.69) is 15.6 Å². The molecule has 7 nitrogen and oxygen atoms in total. The number of carbonyl (C=O) groups is 1. The second-order valence-corrected chi connectivity index (χ2v) is 8.51. The number of aromatic nitrogens is 1. The Morgan fingerprint density at radius 3 is 2.52 bits per heavy atom. The molecule has 1 saturated carbocycles. The van der Waals surface area contributed by atoms with Crippen LogP contribution in [0.4, 0.5) is 0 Å². The highest BCUT2D eigenvalue weighted by molar-refractivity contribution is 14.0. The van der Waals surface area contributed by atoms with E-state index in [9.17, 15) is 4.79 Å². The first kappa shape index (κ1) is 26.9. The minimum Gasteiger partial charge on any atom is -0.473 e. The van der Waals surface area contributed by atoms with Gasteiger partial charge in [-0.2, -0.15) is 0 Å². The van der Waals surface area contributed by atoms with Crippen molar-refractivity contribution < 1.29 is 9.53 Å². The Labute approximate surface area is 214 Å². The first-order valence-electron chi connectivity index (χ1n) is 11.4. The van der Waals surface area contributed by atoms with E-state index in [4.69, 9.17) is 9.73 Å². The molecule has 1 aliphatic rings. The van der Waals surface area contributed by atoms with Crippen molar-refractivity contribution >= 4 is 35.8 Å². The normalized spacial score (nSPS) is 14.8. The van der Waals surface area contributed by atoms with Gasteiger partial charge in [-0.25, -0.2) is 9.98 Å². The average molecular weight is 566 g/mol. The molecule has 180 valence electrons. The Hall–Kier alpha value is -2.36. The van der Waals surface area contributed by atoms with Crippen molar-refractivity contribution in [1.29, 1.82) is 0 Å². The van der Waals surface area contributed by atoms with Crippen molar-refractivity contribution in [2.75, 3.05) is 27.2 Å². The zero-order valence-corrected chi connectivity index (χ0v) is 22.2. The van der Waals surface area contributed by atoms with Crippen LogP contribution in [-0.2, 0) is 17.9 Å². The summed E-state index contributed by atoms with van der Waals surface area (Å²) in [5.74, 6) is 1.50. The maximum Gasteiger partial charge on any atom is 0.230 e. The second kappa shape index (κ2) is 13.4. The molecule has 1 amide bonds. The van der Waals surface area contributed by atoms with Crippen molar-refractivity contribution in [3.05, 3.63) is 59.8 Å². The van der Waals surface area contributed by atoms with Gasteiger partial charge in [0.2, 0.25) is 11.8 Å². The van der Waals surface area contributed by atoms with Crippen LogP contribution in [0, 0.1) is 5.41 Å².